The highest BCUT2D eigenvalue weighted by molar-refractivity contribution is 5.76. The Hall–Kier alpha value is -4.31. The Labute approximate surface area is 199 Å². The average molecular weight is 458 g/mol. The minimum absolute atomic E-state index is 0.0999. The minimum atomic E-state index is -0.742. The number of rotatable bonds is 5. The van der Waals surface area contributed by atoms with E-state index < -0.39 is 5.54 Å². The van der Waals surface area contributed by atoms with Crippen molar-refractivity contribution in [3.63, 3.8) is 0 Å². The molecule has 1 unspecified atom stereocenters. The number of aliphatic imine (C=N–C) groups is 1. The molecule has 1 atom stereocenters. The Morgan fingerprint density at radius 1 is 1.12 bits per heavy atom. The highest BCUT2D eigenvalue weighted by Crippen LogP contribution is 2.40. The summed E-state index contributed by atoms with van der Waals surface area (Å²) in [5, 5.41) is 16.1. The minimum Gasteiger partial charge on any atom is -0.491 e. The molecule has 0 amide bonds. The monoisotopic (exact) mass is 457 g/mol. The van der Waals surface area contributed by atoms with Gasteiger partial charge in [0.1, 0.15) is 12.4 Å². The zero-order valence-corrected chi connectivity index (χ0v) is 19.4. The van der Waals surface area contributed by atoms with Gasteiger partial charge in [-0.25, -0.2) is 4.99 Å². The van der Waals surface area contributed by atoms with Crippen LogP contribution in [0.5, 0.6) is 5.75 Å². The lowest BCUT2D eigenvalue weighted by Gasteiger charge is -2.27. The van der Waals surface area contributed by atoms with E-state index in [9.17, 15) is 5.26 Å². The molecule has 3 N–H and O–H groups in total. The molecule has 7 heteroatoms. The highest BCUT2D eigenvalue weighted by Gasteiger charge is 2.40. The van der Waals surface area contributed by atoms with Crippen molar-refractivity contribution in [1.82, 2.24) is 0 Å². The molecule has 4 rings (SSSR count). The first-order valence-electron chi connectivity index (χ1n) is 10.8. The molecule has 0 aromatic heterocycles. The molecular weight excluding hydrogens is 430 g/mol. The predicted molar refractivity (Wildman–Crippen MR) is 131 cm³/mol. The number of benzene rings is 3. The standard InChI is InChI=1S/C26H25N3O2.CH2O2/c1-17(2)31-24-11-10-23(12-18(24)3)26(16-30-25(28)29-26)22-9-5-8-21(14-22)20-7-4-6-19(13-20)15-27;2-1-3/h4-14,17H,16H2,1-3H3,(H2,28,29);1H,(H,2,3). The van der Waals surface area contributed by atoms with Crippen LogP contribution < -0.4 is 10.5 Å². The van der Waals surface area contributed by atoms with Crippen LogP contribution in [-0.4, -0.2) is 30.3 Å². The van der Waals surface area contributed by atoms with E-state index >= 15 is 0 Å². The molecule has 174 valence electrons. The molecule has 1 aliphatic rings. The maximum absolute atomic E-state index is 9.25. The normalized spacial score (nSPS) is 16.5. The quantitative estimate of drug-likeness (QED) is 0.540. The average Bonchev–Trinajstić information content (AvgIpc) is 3.23. The van der Waals surface area contributed by atoms with Gasteiger partial charge in [0.2, 0.25) is 0 Å². The van der Waals surface area contributed by atoms with E-state index in [1.807, 2.05) is 69.3 Å². The molecule has 0 bridgehead atoms. The zero-order valence-electron chi connectivity index (χ0n) is 19.4. The SMILES string of the molecule is Cc1cc(C2(c3cccc(-c4cccc(C#N)c4)c3)COC(N)=N2)ccc1OC(C)C.O=CO. The van der Waals surface area contributed by atoms with Crippen LogP contribution in [-0.2, 0) is 15.1 Å². The van der Waals surface area contributed by atoms with E-state index in [1.54, 1.807) is 6.07 Å². The smallest absolute Gasteiger partial charge is 0.290 e. The van der Waals surface area contributed by atoms with Crippen LogP contribution in [0.4, 0.5) is 0 Å². The Bertz CT molecular complexity index is 1250. The molecule has 0 saturated heterocycles. The Morgan fingerprint density at radius 2 is 1.76 bits per heavy atom. The summed E-state index contributed by atoms with van der Waals surface area (Å²) < 4.78 is 11.6. The number of nitrogens with zero attached hydrogens (tertiary/aromatic N) is 2. The van der Waals surface area contributed by atoms with Gasteiger partial charge in [0, 0.05) is 0 Å². The summed E-state index contributed by atoms with van der Waals surface area (Å²) in [6, 6.07) is 24.2. The number of hydrogen-bond donors (Lipinski definition) is 2. The number of carboxylic acid groups (broad SMARTS) is 1. The molecule has 1 aliphatic heterocycles. The van der Waals surface area contributed by atoms with Crippen LogP contribution >= 0.6 is 0 Å². The fourth-order valence-corrected chi connectivity index (χ4v) is 3.91. The highest BCUT2D eigenvalue weighted by atomic mass is 16.5. The molecule has 0 spiro atoms. The van der Waals surface area contributed by atoms with Crippen molar-refractivity contribution in [2.24, 2.45) is 10.7 Å². The number of nitrogens with two attached hydrogens (primary N) is 1. The van der Waals surface area contributed by atoms with Gasteiger partial charge < -0.3 is 20.3 Å². The summed E-state index contributed by atoms with van der Waals surface area (Å²) in [7, 11) is 0. The van der Waals surface area contributed by atoms with Gasteiger partial charge in [-0.3, -0.25) is 4.79 Å². The molecule has 3 aromatic carbocycles. The van der Waals surface area contributed by atoms with Gasteiger partial charge in [-0.2, -0.15) is 5.26 Å². The number of hydrogen-bond acceptors (Lipinski definition) is 6. The van der Waals surface area contributed by atoms with Crippen LogP contribution in [0.3, 0.4) is 0 Å². The summed E-state index contributed by atoms with van der Waals surface area (Å²) >= 11 is 0. The molecule has 7 nitrogen and oxygen atoms in total. The first kappa shape index (κ1) is 24.3. The molecule has 0 fully saturated rings. The fraction of sp³-hybridized carbons (Fsp3) is 0.222. The van der Waals surface area contributed by atoms with Crippen molar-refractivity contribution in [1.29, 1.82) is 5.26 Å². The van der Waals surface area contributed by atoms with Gasteiger partial charge >= 0.3 is 0 Å². The van der Waals surface area contributed by atoms with E-state index in [-0.39, 0.29) is 18.6 Å². The third-order valence-electron chi connectivity index (χ3n) is 5.41. The second kappa shape index (κ2) is 10.5. The molecule has 0 aliphatic carbocycles. The number of nitriles is 1. The first-order chi connectivity index (χ1) is 16.3. The lowest BCUT2D eigenvalue weighted by Crippen LogP contribution is -2.27. The van der Waals surface area contributed by atoms with Crippen molar-refractivity contribution in [2.45, 2.75) is 32.4 Å². The van der Waals surface area contributed by atoms with E-state index in [0.717, 1.165) is 33.6 Å². The van der Waals surface area contributed by atoms with Crippen LogP contribution in [0.25, 0.3) is 11.1 Å². The van der Waals surface area contributed by atoms with E-state index in [2.05, 4.69) is 18.2 Å². The molecule has 3 aromatic rings. The van der Waals surface area contributed by atoms with Crippen LogP contribution in [0.2, 0.25) is 0 Å². The van der Waals surface area contributed by atoms with Gasteiger partial charge in [0.15, 0.2) is 5.54 Å². The lowest BCUT2D eigenvalue weighted by atomic mass is 9.82. The maximum Gasteiger partial charge on any atom is 0.290 e. The van der Waals surface area contributed by atoms with E-state index in [1.165, 1.54) is 0 Å². The van der Waals surface area contributed by atoms with Crippen LogP contribution in [0.15, 0.2) is 71.7 Å². The van der Waals surface area contributed by atoms with E-state index in [4.69, 9.17) is 30.1 Å². The lowest BCUT2D eigenvalue weighted by molar-refractivity contribution is -0.122. The second-order valence-corrected chi connectivity index (χ2v) is 8.12. The maximum atomic E-state index is 9.25. The molecular formula is C27H27N3O4. The first-order valence-corrected chi connectivity index (χ1v) is 10.8. The van der Waals surface area contributed by atoms with Gasteiger partial charge in [-0.05, 0) is 78.9 Å². The van der Waals surface area contributed by atoms with Gasteiger partial charge in [-0.1, -0.05) is 36.4 Å². The number of ether oxygens (including phenoxy) is 2. The van der Waals surface area contributed by atoms with Crippen LogP contribution in [0.1, 0.15) is 36.1 Å². The number of aryl methyl sites for hydroxylation is 1. The van der Waals surface area contributed by atoms with Gasteiger partial charge in [0.05, 0.1) is 17.7 Å². The van der Waals surface area contributed by atoms with Crippen molar-refractivity contribution in [2.75, 3.05) is 6.61 Å². The summed E-state index contributed by atoms with van der Waals surface area (Å²) in [6.45, 7) is 6.13. The molecule has 0 saturated carbocycles. The molecule has 0 radical (unpaired) electrons. The Balaban J connectivity index is 0.00000103. The number of amidine groups is 1. The van der Waals surface area contributed by atoms with Crippen molar-refractivity contribution in [3.05, 3.63) is 89.0 Å². The largest absolute Gasteiger partial charge is 0.491 e. The van der Waals surface area contributed by atoms with Crippen molar-refractivity contribution >= 4 is 12.5 Å². The van der Waals surface area contributed by atoms with Crippen molar-refractivity contribution < 1.29 is 19.4 Å². The summed E-state index contributed by atoms with van der Waals surface area (Å²) in [5.41, 5.74) is 10.8. The molecule has 34 heavy (non-hydrogen) atoms. The van der Waals surface area contributed by atoms with E-state index in [0.29, 0.717) is 12.2 Å². The topological polar surface area (TPSA) is 118 Å². The number of carbonyl (C=O) groups is 1. The Kier molecular flexibility index (Phi) is 7.54. The third-order valence-corrected chi connectivity index (χ3v) is 5.41. The summed E-state index contributed by atoms with van der Waals surface area (Å²) in [6.07, 6.45) is 0.0999. The fourth-order valence-electron chi connectivity index (χ4n) is 3.91. The third kappa shape index (κ3) is 5.18. The second-order valence-electron chi connectivity index (χ2n) is 8.12. The predicted octanol–water partition coefficient (Wildman–Crippen LogP) is 4.61. The van der Waals surface area contributed by atoms with Crippen molar-refractivity contribution in [3.8, 4) is 22.9 Å². The zero-order chi connectivity index (χ0) is 24.7. The summed E-state index contributed by atoms with van der Waals surface area (Å²) in [4.78, 5) is 13.1. The Morgan fingerprint density at radius 3 is 2.35 bits per heavy atom. The molecule has 1 heterocycles. The summed E-state index contributed by atoms with van der Waals surface area (Å²) in [5.74, 6) is 0.854. The van der Waals surface area contributed by atoms with Gasteiger partial charge in [-0.15, -0.1) is 0 Å². The van der Waals surface area contributed by atoms with Gasteiger partial charge in [0.25, 0.3) is 12.5 Å². The van der Waals surface area contributed by atoms with Crippen LogP contribution in [0, 0.1) is 18.3 Å².